The molecule has 0 heterocycles. The van der Waals surface area contributed by atoms with E-state index in [9.17, 15) is 4.39 Å². The number of halogens is 2. The highest BCUT2D eigenvalue weighted by atomic mass is 127. The Hall–Kier alpha value is -2.34. The predicted molar refractivity (Wildman–Crippen MR) is 116 cm³/mol. The van der Waals surface area contributed by atoms with E-state index in [1.807, 2.05) is 25.1 Å². The molecule has 0 bridgehead atoms. The summed E-state index contributed by atoms with van der Waals surface area (Å²) in [6, 6.07) is 12.4. The zero-order valence-corrected chi connectivity index (χ0v) is 18.0. The molecule has 144 valence electrons. The average Bonchev–Trinajstić information content (AvgIpc) is 2.65. The standard InChI is InChI=1S/C20H23FN4O.HI/c1-14-4-7-19(26-3)16(10-14)8-9-24-20(23-2)25-13-17-11-15(12-22)5-6-18(17)21;/h4-7,10-11H,8-9,13H2,1-3H3,(H2,23,24,25);1H. The van der Waals surface area contributed by atoms with Crippen molar-refractivity contribution in [1.82, 2.24) is 10.6 Å². The fourth-order valence-corrected chi connectivity index (χ4v) is 2.60. The van der Waals surface area contributed by atoms with Gasteiger partial charge in [0.15, 0.2) is 5.96 Å². The quantitative estimate of drug-likeness (QED) is 0.376. The van der Waals surface area contributed by atoms with Crippen LogP contribution in [0.25, 0.3) is 0 Å². The van der Waals surface area contributed by atoms with Crippen LogP contribution < -0.4 is 15.4 Å². The number of nitrogens with zero attached hydrogens (tertiary/aromatic N) is 2. The maximum absolute atomic E-state index is 13.8. The van der Waals surface area contributed by atoms with E-state index in [-0.39, 0.29) is 36.3 Å². The minimum Gasteiger partial charge on any atom is -0.496 e. The van der Waals surface area contributed by atoms with E-state index in [1.165, 1.54) is 23.8 Å². The van der Waals surface area contributed by atoms with Crippen molar-refractivity contribution in [2.45, 2.75) is 19.9 Å². The normalized spacial score (nSPS) is 10.6. The maximum Gasteiger partial charge on any atom is 0.191 e. The van der Waals surface area contributed by atoms with Crippen molar-refractivity contribution >= 4 is 29.9 Å². The number of hydrogen-bond donors (Lipinski definition) is 2. The molecule has 5 nitrogen and oxygen atoms in total. The van der Waals surface area contributed by atoms with Crippen molar-refractivity contribution in [3.8, 4) is 11.8 Å². The van der Waals surface area contributed by atoms with Crippen LogP contribution in [0.5, 0.6) is 5.75 Å². The lowest BCUT2D eigenvalue weighted by Gasteiger charge is -2.14. The van der Waals surface area contributed by atoms with Crippen molar-refractivity contribution < 1.29 is 9.13 Å². The van der Waals surface area contributed by atoms with E-state index in [2.05, 4.69) is 21.7 Å². The van der Waals surface area contributed by atoms with Crippen molar-refractivity contribution in [3.63, 3.8) is 0 Å². The van der Waals surface area contributed by atoms with Gasteiger partial charge in [-0.25, -0.2) is 4.39 Å². The first-order chi connectivity index (χ1) is 12.6. The zero-order valence-electron chi connectivity index (χ0n) is 15.7. The Labute approximate surface area is 176 Å². The molecule has 0 saturated heterocycles. The van der Waals surface area contributed by atoms with Crippen LogP contribution in [0.4, 0.5) is 4.39 Å². The number of guanidine groups is 1. The van der Waals surface area contributed by atoms with Gasteiger partial charge in [0.2, 0.25) is 0 Å². The lowest BCUT2D eigenvalue weighted by atomic mass is 10.1. The molecular formula is C20H24FIN4O. The topological polar surface area (TPSA) is 69.4 Å². The van der Waals surface area contributed by atoms with E-state index < -0.39 is 0 Å². The first-order valence-corrected chi connectivity index (χ1v) is 8.34. The summed E-state index contributed by atoms with van der Waals surface area (Å²) in [6.07, 6.45) is 0.768. The van der Waals surface area contributed by atoms with Crippen LogP contribution in [-0.4, -0.2) is 26.7 Å². The minimum atomic E-state index is -0.351. The van der Waals surface area contributed by atoms with Gasteiger partial charge in [0.05, 0.1) is 18.7 Å². The third kappa shape index (κ3) is 6.71. The second kappa shape index (κ2) is 11.4. The molecule has 2 aromatic rings. The lowest BCUT2D eigenvalue weighted by Crippen LogP contribution is -2.38. The number of rotatable bonds is 6. The monoisotopic (exact) mass is 482 g/mol. The van der Waals surface area contributed by atoms with Gasteiger partial charge in [0, 0.05) is 25.7 Å². The molecule has 0 aliphatic heterocycles. The largest absolute Gasteiger partial charge is 0.496 e. The summed E-state index contributed by atoms with van der Waals surface area (Å²) >= 11 is 0. The van der Waals surface area contributed by atoms with Gasteiger partial charge in [-0.05, 0) is 43.2 Å². The van der Waals surface area contributed by atoms with E-state index in [0.717, 1.165) is 17.7 Å². The van der Waals surface area contributed by atoms with E-state index in [1.54, 1.807) is 14.2 Å². The molecule has 0 unspecified atom stereocenters. The van der Waals surface area contributed by atoms with Crippen molar-refractivity contribution in [1.29, 1.82) is 5.26 Å². The number of hydrogen-bond acceptors (Lipinski definition) is 3. The van der Waals surface area contributed by atoms with Gasteiger partial charge in [0.25, 0.3) is 0 Å². The molecule has 7 heteroatoms. The summed E-state index contributed by atoms with van der Waals surface area (Å²) in [5.74, 6) is 1.07. The molecule has 0 amide bonds. The summed E-state index contributed by atoms with van der Waals surface area (Å²) in [6.45, 7) is 2.94. The van der Waals surface area contributed by atoms with Gasteiger partial charge in [-0.2, -0.15) is 5.26 Å². The average molecular weight is 482 g/mol. The van der Waals surface area contributed by atoms with Crippen LogP contribution in [0.1, 0.15) is 22.3 Å². The van der Waals surface area contributed by atoms with Crippen molar-refractivity contribution in [2.75, 3.05) is 20.7 Å². The Morgan fingerprint density at radius 1 is 1.19 bits per heavy atom. The highest BCUT2D eigenvalue weighted by Crippen LogP contribution is 2.19. The zero-order chi connectivity index (χ0) is 18.9. The van der Waals surface area contributed by atoms with Gasteiger partial charge in [0.1, 0.15) is 11.6 Å². The van der Waals surface area contributed by atoms with Crippen LogP contribution >= 0.6 is 24.0 Å². The molecule has 0 aliphatic rings. The Morgan fingerprint density at radius 2 is 1.96 bits per heavy atom. The summed E-state index contributed by atoms with van der Waals surface area (Å²) in [4.78, 5) is 4.14. The molecule has 0 aromatic heterocycles. The van der Waals surface area contributed by atoms with Gasteiger partial charge in [-0.3, -0.25) is 4.99 Å². The summed E-state index contributed by atoms with van der Waals surface area (Å²) in [7, 11) is 3.32. The first-order valence-electron chi connectivity index (χ1n) is 8.34. The van der Waals surface area contributed by atoms with E-state index in [4.69, 9.17) is 10.00 Å². The van der Waals surface area contributed by atoms with Crippen LogP contribution in [0.2, 0.25) is 0 Å². The molecule has 2 aromatic carbocycles. The first kappa shape index (κ1) is 22.7. The van der Waals surface area contributed by atoms with Crippen LogP contribution in [0.3, 0.4) is 0 Å². The number of aryl methyl sites for hydroxylation is 1. The number of benzene rings is 2. The third-order valence-electron chi connectivity index (χ3n) is 3.97. The molecule has 0 aliphatic carbocycles. The summed E-state index contributed by atoms with van der Waals surface area (Å²) in [5.41, 5.74) is 3.14. The molecule has 0 radical (unpaired) electrons. The number of aliphatic imine (C=N–C) groups is 1. The third-order valence-corrected chi connectivity index (χ3v) is 3.97. The molecule has 27 heavy (non-hydrogen) atoms. The van der Waals surface area contributed by atoms with Crippen molar-refractivity contribution in [2.24, 2.45) is 4.99 Å². The number of ether oxygens (including phenoxy) is 1. The Morgan fingerprint density at radius 3 is 2.63 bits per heavy atom. The number of methoxy groups -OCH3 is 1. The second-order valence-electron chi connectivity index (χ2n) is 5.84. The van der Waals surface area contributed by atoms with Crippen molar-refractivity contribution in [3.05, 3.63) is 64.5 Å². The predicted octanol–water partition coefficient (Wildman–Crippen LogP) is 3.54. The minimum absolute atomic E-state index is 0. The fraction of sp³-hybridized carbons (Fsp3) is 0.300. The molecule has 0 saturated carbocycles. The number of nitrogens with one attached hydrogen (secondary N) is 2. The summed E-state index contributed by atoms with van der Waals surface area (Å²) < 4.78 is 19.2. The molecule has 0 fully saturated rings. The highest BCUT2D eigenvalue weighted by Gasteiger charge is 2.06. The van der Waals surface area contributed by atoms with Gasteiger partial charge >= 0.3 is 0 Å². The second-order valence-corrected chi connectivity index (χ2v) is 5.84. The molecule has 0 spiro atoms. The Balaban J connectivity index is 0.00000364. The SMILES string of the molecule is CN=C(NCCc1cc(C)ccc1OC)NCc1cc(C#N)ccc1F.I. The van der Waals surface area contributed by atoms with E-state index >= 15 is 0 Å². The fourth-order valence-electron chi connectivity index (χ4n) is 2.60. The lowest BCUT2D eigenvalue weighted by molar-refractivity contribution is 0.409. The van der Waals surface area contributed by atoms with Crippen LogP contribution in [0.15, 0.2) is 41.4 Å². The van der Waals surface area contributed by atoms with E-state index in [0.29, 0.717) is 23.6 Å². The smallest absolute Gasteiger partial charge is 0.191 e. The molecular weight excluding hydrogens is 458 g/mol. The number of nitriles is 1. The van der Waals surface area contributed by atoms with Crippen LogP contribution in [0, 0.1) is 24.1 Å². The molecule has 0 atom stereocenters. The van der Waals surface area contributed by atoms with Gasteiger partial charge in [-0.1, -0.05) is 17.7 Å². The molecule has 2 N–H and O–H groups in total. The maximum atomic E-state index is 13.8. The summed E-state index contributed by atoms with van der Waals surface area (Å²) in [5, 5.41) is 15.2. The molecule has 2 rings (SSSR count). The Kier molecular flexibility index (Phi) is 9.58. The highest BCUT2D eigenvalue weighted by molar-refractivity contribution is 14.0. The van der Waals surface area contributed by atoms with Crippen LogP contribution in [-0.2, 0) is 13.0 Å². The van der Waals surface area contributed by atoms with Gasteiger partial charge in [-0.15, -0.1) is 24.0 Å². The van der Waals surface area contributed by atoms with Gasteiger partial charge < -0.3 is 15.4 Å². The Bertz CT molecular complexity index is 833.